The number of ether oxygens (including phenoxy) is 1. The van der Waals surface area contributed by atoms with Crippen LogP contribution in [0.15, 0.2) is 27.6 Å². The van der Waals surface area contributed by atoms with Crippen LogP contribution in [-0.4, -0.2) is 30.8 Å². The van der Waals surface area contributed by atoms with E-state index in [9.17, 15) is 13.2 Å². The van der Waals surface area contributed by atoms with Gasteiger partial charge in [-0.05, 0) is 92.1 Å². The van der Waals surface area contributed by atoms with E-state index in [1.54, 1.807) is 6.26 Å². The molecule has 0 unspecified atom stereocenters. The number of rotatable bonds is 3. The van der Waals surface area contributed by atoms with Crippen LogP contribution in [0.2, 0.25) is 0 Å². The first kappa shape index (κ1) is 21.3. The third-order valence-electron chi connectivity index (χ3n) is 10.4. The molecule has 5 aliphatic rings. The second-order valence-electron chi connectivity index (χ2n) is 11.4. The maximum atomic E-state index is 11.5. The second kappa shape index (κ2) is 6.68. The Morgan fingerprint density at radius 3 is 2.59 bits per heavy atom. The number of hydrogen-bond donors (Lipinski definition) is 1. The van der Waals surface area contributed by atoms with Crippen LogP contribution >= 0.6 is 0 Å². The van der Waals surface area contributed by atoms with Gasteiger partial charge in [-0.2, -0.15) is 8.42 Å². The summed E-state index contributed by atoms with van der Waals surface area (Å²) in [7, 11) is -4.41. The number of fused-ring (bicyclic) bond motifs is 3. The lowest BCUT2D eigenvalue weighted by molar-refractivity contribution is -0.137. The highest BCUT2D eigenvalue weighted by atomic mass is 32.3. The third-order valence-corrected chi connectivity index (χ3v) is 10.9. The average molecular weight is 465 g/mol. The minimum atomic E-state index is -4.41. The highest BCUT2D eigenvalue weighted by molar-refractivity contribution is 7.80. The van der Waals surface area contributed by atoms with Crippen molar-refractivity contribution in [3.63, 3.8) is 0 Å². The predicted octanol–water partition coefficient (Wildman–Crippen LogP) is 4.09. The summed E-state index contributed by atoms with van der Waals surface area (Å²) in [4.78, 5) is 11.5. The zero-order valence-electron chi connectivity index (χ0n) is 18.7. The molecule has 1 aliphatic heterocycles. The van der Waals surface area contributed by atoms with E-state index >= 15 is 0 Å². The SMILES string of the molecule is C[C@]12CC[C@H](OS(=O)(=O)O)C[C@H]1CC[C@@H]1[C@@H]2CC[C@]2(C)[C@@H](c3ccc(=O)oc3)C[C@H]3O[C@]132. The van der Waals surface area contributed by atoms with Crippen molar-refractivity contribution in [2.24, 2.45) is 28.6 Å². The molecule has 2 heterocycles. The zero-order valence-corrected chi connectivity index (χ0v) is 19.5. The maximum Gasteiger partial charge on any atom is 0.397 e. The molecule has 0 aromatic carbocycles. The minimum absolute atomic E-state index is 0.0350. The Labute approximate surface area is 188 Å². The molecule has 4 saturated carbocycles. The Balaban J connectivity index is 1.27. The van der Waals surface area contributed by atoms with Gasteiger partial charge in [0.05, 0.1) is 18.5 Å². The van der Waals surface area contributed by atoms with Crippen LogP contribution in [-0.2, 0) is 19.3 Å². The fourth-order valence-electron chi connectivity index (χ4n) is 8.98. The molecule has 7 nitrogen and oxygen atoms in total. The Hall–Kier alpha value is -1.22. The van der Waals surface area contributed by atoms with Crippen LogP contribution in [0.5, 0.6) is 0 Å². The van der Waals surface area contributed by atoms with Crippen LogP contribution in [0.3, 0.4) is 0 Å². The summed E-state index contributed by atoms with van der Waals surface area (Å²) >= 11 is 0. The normalized spacial score (nSPS) is 49.5. The van der Waals surface area contributed by atoms with Gasteiger partial charge in [0.1, 0.15) is 5.60 Å². The van der Waals surface area contributed by atoms with Crippen LogP contribution in [0.1, 0.15) is 76.7 Å². The monoisotopic (exact) mass is 464 g/mol. The van der Waals surface area contributed by atoms with Crippen LogP contribution in [0.25, 0.3) is 0 Å². The fourth-order valence-corrected chi connectivity index (χ4v) is 9.50. The number of epoxide rings is 1. The quantitative estimate of drug-likeness (QED) is 0.530. The molecule has 6 rings (SSSR count). The topological polar surface area (TPSA) is 106 Å². The van der Waals surface area contributed by atoms with E-state index in [1.165, 1.54) is 6.07 Å². The Bertz CT molecular complexity index is 1080. The Morgan fingerprint density at radius 1 is 1.06 bits per heavy atom. The van der Waals surface area contributed by atoms with Crippen LogP contribution in [0.4, 0.5) is 0 Å². The summed E-state index contributed by atoms with van der Waals surface area (Å²) in [6.07, 6.45) is 9.13. The molecule has 0 amide bonds. The molecule has 1 spiro atoms. The molecular weight excluding hydrogens is 432 g/mol. The molecule has 176 valence electrons. The standard InChI is InChI=1S/C24H32O7S/c1-22-9-7-16(31-32(26,27)28)11-15(22)4-5-18-17(22)8-10-23(2)19(12-20-24(18,23)30-20)14-3-6-21(25)29-13-14/h3,6,13,15-20H,4-5,7-12H2,1-2H3,(H,26,27,28)/t15-,16+,17+,18-,19-,20-,22+,23-,24-/m1/s1. The molecule has 5 fully saturated rings. The van der Waals surface area contributed by atoms with Gasteiger partial charge in [0, 0.05) is 11.5 Å². The van der Waals surface area contributed by atoms with Crippen LogP contribution < -0.4 is 5.63 Å². The van der Waals surface area contributed by atoms with Gasteiger partial charge in [-0.3, -0.25) is 4.55 Å². The van der Waals surface area contributed by atoms with Crippen molar-refractivity contribution < 1.29 is 26.3 Å². The summed E-state index contributed by atoms with van der Waals surface area (Å²) in [6, 6.07) is 3.46. The summed E-state index contributed by atoms with van der Waals surface area (Å²) in [5.41, 5.74) is 0.895. The predicted molar refractivity (Wildman–Crippen MR) is 115 cm³/mol. The molecule has 0 bridgehead atoms. The summed E-state index contributed by atoms with van der Waals surface area (Å²) in [5, 5.41) is 0. The highest BCUT2D eigenvalue weighted by Gasteiger charge is 2.80. The van der Waals surface area contributed by atoms with E-state index in [-0.39, 0.29) is 28.2 Å². The first-order valence-electron chi connectivity index (χ1n) is 12.0. The zero-order chi connectivity index (χ0) is 22.5. The van der Waals surface area contributed by atoms with Gasteiger partial charge in [-0.25, -0.2) is 8.98 Å². The van der Waals surface area contributed by atoms with Crippen molar-refractivity contribution in [3.8, 4) is 0 Å². The van der Waals surface area contributed by atoms with E-state index in [0.29, 0.717) is 36.5 Å². The van der Waals surface area contributed by atoms with Crippen LogP contribution in [0, 0.1) is 28.6 Å². The van der Waals surface area contributed by atoms with E-state index < -0.39 is 16.5 Å². The molecule has 1 saturated heterocycles. The minimum Gasteiger partial charge on any atom is -0.431 e. The van der Waals surface area contributed by atoms with E-state index in [0.717, 1.165) is 44.1 Å². The molecule has 0 radical (unpaired) electrons. The lowest BCUT2D eigenvalue weighted by atomic mass is 9.44. The lowest BCUT2D eigenvalue weighted by Crippen LogP contribution is -2.58. The maximum absolute atomic E-state index is 11.5. The van der Waals surface area contributed by atoms with E-state index in [1.807, 2.05) is 6.07 Å². The average Bonchev–Trinajstić information content (AvgIpc) is 3.38. The first-order valence-corrected chi connectivity index (χ1v) is 13.4. The summed E-state index contributed by atoms with van der Waals surface area (Å²) < 4.78 is 48.4. The van der Waals surface area contributed by atoms with Gasteiger partial charge >= 0.3 is 16.0 Å². The molecular formula is C24H32O7S. The van der Waals surface area contributed by atoms with Gasteiger partial charge in [-0.1, -0.05) is 13.8 Å². The van der Waals surface area contributed by atoms with Crippen molar-refractivity contribution >= 4 is 10.4 Å². The molecule has 1 aromatic rings. The van der Waals surface area contributed by atoms with Gasteiger partial charge in [0.25, 0.3) is 0 Å². The molecule has 4 aliphatic carbocycles. The summed E-state index contributed by atoms with van der Waals surface area (Å²) in [5.74, 6) is 1.81. The lowest BCUT2D eigenvalue weighted by Gasteiger charge is -2.61. The van der Waals surface area contributed by atoms with Crippen molar-refractivity contribution in [3.05, 3.63) is 34.4 Å². The molecule has 32 heavy (non-hydrogen) atoms. The van der Waals surface area contributed by atoms with Crippen molar-refractivity contribution in [1.29, 1.82) is 0 Å². The molecule has 9 atom stereocenters. The van der Waals surface area contributed by atoms with Gasteiger partial charge in [0.2, 0.25) is 0 Å². The first-order chi connectivity index (χ1) is 15.1. The van der Waals surface area contributed by atoms with Gasteiger partial charge in [0.15, 0.2) is 0 Å². The number of hydrogen-bond acceptors (Lipinski definition) is 6. The smallest absolute Gasteiger partial charge is 0.397 e. The second-order valence-corrected chi connectivity index (χ2v) is 12.5. The summed E-state index contributed by atoms with van der Waals surface area (Å²) in [6.45, 7) is 4.78. The molecule has 1 aromatic heterocycles. The molecule has 1 N–H and O–H groups in total. The van der Waals surface area contributed by atoms with E-state index in [2.05, 4.69) is 13.8 Å². The van der Waals surface area contributed by atoms with Gasteiger partial charge < -0.3 is 9.15 Å². The highest BCUT2D eigenvalue weighted by Crippen LogP contribution is 2.78. The Morgan fingerprint density at radius 2 is 1.88 bits per heavy atom. The van der Waals surface area contributed by atoms with Crippen molar-refractivity contribution in [2.45, 2.75) is 88.9 Å². The Kier molecular flexibility index (Phi) is 4.45. The third kappa shape index (κ3) is 2.82. The molecule has 8 heteroatoms. The van der Waals surface area contributed by atoms with Gasteiger partial charge in [-0.15, -0.1) is 0 Å². The van der Waals surface area contributed by atoms with E-state index in [4.69, 9.17) is 17.9 Å². The largest absolute Gasteiger partial charge is 0.431 e. The van der Waals surface area contributed by atoms with Crippen molar-refractivity contribution in [1.82, 2.24) is 0 Å². The van der Waals surface area contributed by atoms with Crippen molar-refractivity contribution in [2.75, 3.05) is 0 Å². The fraction of sp³-hybridized carbons (Fsp3) is 0.792.